The highest BCUT2D eigenvalue weighted by Gasteiger charge is 2.36. The van der Waals surface area contributed by atoms with Crippen LogP contribution in [0.1, 0.15) is 15.9 Å². The Morgan fingerprint density at radius 1 is 1.29 bits per heavy atom. The number of carbonyl (C=O) groups excluding carboxylic acids is 2. The van der Waals surface area contributed by atoms with Gasteiger partial charge in [-0.1, -0.05) is 18.2 Å². The van der Waals surface area contributed by atoms with E-state index in [2.05, 4.69) is 5.10 Å². The van der Waals surface area contributed by atoms with Crippen LogP contribution in [0, 0.1) is 6.92 Å². The predicted molar refractivity (Wildman–Crippen MR) is 94.3 cm³/mol. The van der Waals surface area contributed by atoms with Gasteiger partial charge in [0.1, 0.15) is 6.04 Å². The van der Waals surface area contributed by atoms with Gasteiger partial charge in [0, 0.05) is 26.0 Å². The van der Waals surface area contributed by atoms with Gasteiger partial charge in [-0.2, -0.15) is 5.10 Å². The molecule has 6 nitrogen and oxygen atoms in total. The van der Waals surface area contributed by atoms with Crippen molar-refractivity contribution in [2.45, 2.75) is 13.0 Å². The normalized spacial score (nSPS) is 17.1. The molecular weight excluding hydrogens is 324 g/mol. The molecule has 1 aromatic heterocycles. The molecule has 24 heavy (non-hydrogen) atoms. The van der Waals surface area contributed by atoms with E-state index in [1.807, 2.05) is 31.2 Å². The van der Waals surface area contributed by atoms with Crippen LogP contribution in [0.3, 0.4) is 0 Å². The fourth-order valence-corrected chi connectivity index (χ4v) is 3.84. The van der Waals surface area contributed by atoms with E-state index in [1.165, 1.54) is 4.90 Å². The first-order valence-electron chi connectivity index (χ1n) is 7.69. The van der Waals surface area contributed by atoms with Crippen LogP contribution in [-0.2, 0) is 4.79 Å². The molecule has 1 aliphatic heterocycles. The molecule has 1 aliphatic rings. The number of carbonyl (C=O) groups is 2. The molecule has 1 fully saturated rings. The van der Waals surface area contributed by atoms with Crippen LogP contribution in [-0.4, -0.2) is 63.2 Å². The average molecular weight is 344 g/mol. The van der Waals surface area contributed by atoms with Gasteiger partial charge in [-0.3, -0.25) is 9.59 Å². The van der Waals surface area contributed by atoms with Crippen molar-refractivity contribution in [3.8, 4) is 5.69 Å². The molecule has 0 radical (unpaired) electrons. The highest BCUT2D eigenvalue weighted by molar-refractivity contribution is 7.99. The summed E-state index contributed by atoms with van der Waals surface area (Å²) in [7, 11) is 3.42. The molecule has 126 valence electrons. The second-order valence-corrected chi connectivity index (χ2v) is 6.98. The molecule has 2 amide bonds. The van der Waals surface area contributed by atoms with E-state index in [4.69, 9.17) is 0 Å². The van der Waals surface area contributed by atoms with Crippen molar-refractivity contribution in [2.75, 3.05) is 25.7 Å². The summed E-state index contributed by atoms with van der Waals surface area (Å²) in [6, 6.07) is 7.46. The molecule has 0 saturated carbocycles. The highest BCUT2D eigenvalue weighted by atomic mass is 32.2. The lowest BCUT2D eigenvalue weighted by molar-refractivity contribution is -0.132. The number of benzene rings is 1. The van der Waals surface area contributed by atoms with Crippen LogP contribution in [0.25, 0.3) is 5.69 Å². The smallest absolute Gasteiger partial charge is 0.258 e. The van der Waals surface area contributed by atoms with E-state index in [0.717, 1.165) is 11.3 Å². The van der Waals surface area contributed by atoms with Crippen molar-refractivity contribution in [3.63, 3.8) is 0 Å². The van der Waals surface area contributed by atoms with E-state index in [-0.39, 0.29) is 11.8 Å². The van der Waals surface area contributed by atoms with Gasteiger partial charge >= 0.3 is 0 Å². The molecule has 1 atom stereocenters. The van der Waals surface area contributed by atoms with Gasteiger partial charge in [-0.25, -0.2) is 4.68 Å². The van der Waals surface area contributed by atoms with Crippen molar-refractivity contribution in [3.05, 3.63) is 47.8 Å². The van der Waals surface area contributed by atoms with Gasteiger partial charge in [0.15, 0.2) is 0 Å². The van der Waals surface area contributed by atoms with Crippen molar-refractivity contribution >= 4 is 23.6 Å². The molecule has 0 unspecified atom stereocenters. The molecule has 3 rings (SSSR count). The van der Waals surface area contributed by atoms with Crippen LogP contribution in [0.15, 0.2) is 36.7 Å². The number of aryl methyl sites for hydroxylation is 1. The van der Waals surface area contributed by atoms with Crippen LogP contribution in [0.4, 0.5) is 0 Å². The first kappa shape index (κ1) is 16.6. The Kier molecular flexibility index (Phi) is 4.62. The first-order valence-corrected chi connectivity index (χ1v) is 8.85. The lowest BCUT2D eigenvalue weighted by Crippen LogP contribution is -2.46. The molecule has 7 heteroatoms. The second-order valence-electron chi connectivity index (χ2n) is 5.98. The maximum atomic E-state index is 12.8. The Bertz CT molecular complexity index is 771. The van der Waals surface area contributed by atoms with Crippen molar-refractivity contribution < 1.29 is 9.59 Å². The predicted octanol–water partition coefficient (Wildman–Crippen LogP) is 1.78. The van der Waals surface area contributed by atoms with Gasteiger partial charge < -0.3 is 9.80 Å². The standard InChI is InChI=1S/C17H20N4O2S/c1-12-6-4-5-7-14(12)21-9-13(8-18-21)16(22)20-11-24-10-15(20)17(23)19(2)3/h4-9,15H,10-11H2,1-3H3/t15-/m1/s1. The van der Waals surface area contributed by atoms with Crippen LogP contribution in [0.5, 0.6) is 0 Å². The number of hydrogen-bond donors (Lipinski definition) is 0. The van der Waals surface area contributed by atoms with Crippen molar-refractivity contribution in [1.82, 2.24) is 19.6 Å². The minimum atomic E-state index is -0.403. The van der Waals surface area contributed by atoms with E-state index in [0.29, 0.717) is 17.2 Å². The Balaban J connectivity index is 1.84. The maximum absolute atomic E-state index is 12.8. The van der Waals surface area contributed by atoms with Gasteiger partial charge in [0.2, 0.25) is 5.91 Å². The summed E-state index contributed by atoms with van der Waals surface area (Å²) in [4.78, 5) is 28.2. The summed E-state index contributed by atoms with van der Waals surface area (Å²) in [6.45, 7) is 2.00. The summed E-state index contributed by atoms with van der Waals surface area (Å²) in [6.07, 6.45) is 3.29. The topological polar surface area (TPSA) is 58.4 Å². The van der Waals surface area contributed by atoms with Crippen LogP contribution < -0.4 is 0 Å². The number of likely N-dealkylation sites (N-methyl/N-ethyl adjacent to an activating group) is 1. The van der Waals surface area contributed by atoms with Crippen LogP contribution in [0.2, 0.25) is 0 Å². The summed E-state index contributed by atoms with van der Waals surface area (Å²) >= 11 is 1.60. The summed E-state index contributed by atoms with van der Waals surface area (Å²) < 4.78 is 1.70. The Morgan fingerprint density at radius 2 is 2.04 bits per heavy atom. The fraction of sp³-hybridized carbons (Fsp3) is 0.353. The Morgan fingerprint density at radius 3 is 2.75 bits per heavy atom. The Labute approximate surface area is 145 Å². The fourth-order valence-electron chi connectivity index (χ4n) is 2.70. The van der Waals surface area contributed by atoms with E-state index in [1.54, 1.807) is 47.8 Å². The second kappa shape index (κ2) is 6.68. The van der Waals surface area contributed by atoms with Gasteiger partial charge in [-0.15, -0.1) is 11.8 Å². The molecule has 0 bridgehead atoms. The van der Waals surface area contributed by atoms with E-state index < -0.39 is 6.04 Å². The molecular formula is C17H20N4O2S. The van der Waals surface area contributed by atoms with Gasteiger partial charge in [-0.05, 0) is 18.6 Å². The van der Waals surface area contributed by atoms with Gasteiger partial charge in [0.05, 0.1) is 23.3 Å². The third-order valence-corrected chi connectivity index (χ3v) is 5.07. The lowest BCUT2D eigenvalue weighted by atomic mass is 10.2. The molecule has 2 heterocycles. The summed E-state index contributed by atoms with van der Waals surface area (Å²) in [5.41, 5.74) is 2.52. The van der Waals surface area contributed by atoms with Crippen molar-refractivity contribution in [1.29, 1.82) is 0 Å². The summed E-state index contributed by atoms with van der Waals surface area (Å²) in [5, 5.41) is 4.31. The zero-order valence-electron chi connectivity index (χ0n) is 14.0. The van der Waals surface area contributed by atoms with E-state index in [9.17, 15) is 9.59 Å². The highest BCUT2D eigenvalue weighted by Crippen LogP contribution is 2.24. The molecule has 0 N–H and O–H groups in total. The lowest BCUT2D eigenvalue weighted by Gasteiger charge is -2.24. The largest absolute Gasteiger partial charge is 0.347 e. The number of amides is 2. The minimum Gasteiger partial charge on any atom is -0.347 e. The number of nitrogens with zero attached hydrogens (tertiary/aromatic N) is 4. The quantitative estimate of drug-likeness (QED) is 0.852. The monoisotopic (exact) mass is 344 g/mol. The molecule has 1 aromatic carbocycles. The van der Waals surface area contributed by atoms with Gasteiger partial charge in [0.25, 0.3) is 5.91 Å². The molecule has 2 aromatic rings. The molecule has 1 saturated heterocycles. The number of rotatable bonds is 3. The Hall–Kier alpha value is -2.28. The van der Waals surface area contributed by atoms with E-state index >= 15 is 0 Å². The average Bonchev–Trinajstić information content (AvgIpc) is 3.23. The SMILES string of the molecule is Cc1ccccc1-n1cc(C(=O)N2CSC[C@@H]2C(=O)N(C)C)cn1. The third kappa shape index (κ3) is 3.03. The zero-order valence-corrected chi connectivity index (χ0v) is 14.8. The first-order chi connectivity index (χ1) is 11.5. The number of aromatic nitrogens is 2. The summed E-state index contributed by atoms with van der Waals surface area (Å²) in [5.74, 6) is 0.965. The third-order valence-electron chi connectivity index (χ3n) is 4.06. The maximum Gasteiger partial charge on any atom is 0.258 e. The van der Waals surface area contributed by atoms with Crippen LogP contribution >= 0.6 is 11.8 Å². The number of para-hydroxylation sites is 1. The minimum absolute atomic E-state index is 0.0420. The number of hydrogen-bond acceptors (Lipinski definition) is 4. The van der Waals surface area contributed by atoms with Crippen molar-refractivity contribution in [2.24, 2.45) is 0 Å². The molecule has 0 spiro atoms. The zero-order chi connectivity index (χ0) is 17.3. The number of thioether (sulfide) groups is 1. The molecule has 0 aliphatic carbocycles.